The van der Waals surface area contributed by atoms with Crippen LogP contribution >= 0.6 is 15.9 Å². The Morgan fingerprint density at radius 2 is 1.88 bits per heavy atom. The lowest BCUT2D eigenvalue weighted by atomic mass is 10.1. The number of aryl methyl sites for hydroxylation is 2. The first-order valence-electron chi connectivity index (χ1n) is 7.80. The summed E-state index contributed by atoms with van der Waals surface area (Å²) in [5, 5.41) is 2.84. The van der Waals surface area contributed by atoms with Crippen LogP contribution in [0.15, 0.2) is 44.1 Å². The minimum absolute atomic E-state index is 0.0281. The highest BCUT2D eigenvalue weighted by atomic mass is 79.9. The molecule has 8 heteroatoms. The molecule has 6 nitrogen and oxygen atoms in total. The van der Waals surface area contributed by atoms with E-state index in [1.54, 1.807) is 12.1 Å². The number of nitrogens with one attached hydrogen (secondary N) is 2. The minimum Gasteiger partial charge on any atom is -0.466 e. The molecule has 1 unspecified atom stereocenters. The van der Waals surface area contributed by atoms with Gasteiger partial charge in [0.2, 0.25) is 15.9 Å². The highest BCUT2D eigenvalue weighted by molar-refractivity contribution is 9.10. The van der Waals surface area contributed by atoms with Gasteiger partial charge >= 0.3 is 0 Å². The maximum Gasteiger partial charge on any atom is 0.240 e. The second kappa shape index (κ2) is 8.16. The SMILES string of the molecule is Cc1cc(C(C)NC(=O)CCNS(=O)(=O)c2ccc(Br)cc2)c(C)o1. The summed E-state index contributed by atoms with van der Waals surface area (Å²) in [4.78, 5) is 12.2. The van der Waals surface area contributed by atoms with Gasteiger partial charge in [-0.05, 0) is 51.1 Å². The first-order valence-corrected chi connectivity index (χ1v) is 10.1. The van der Waals surface area contributed by atoms with Gasteiger partial charge in [0.1, 0.15) is 11.5 Å². The Morgan fingerprint density at radius 3 is 2.44 bits per heavy atom. The molecule has 0 aliphatic heterocycles. The zero-order valence-electron chi connectivity index (χ0n) is 14.3. The average Bonchev–Trinajstić information content (AvgIpc) is 2.86. The summed E-state index contributed by atoms with van der Waals surface area (Å²) in [6.07, 6.45) is 0.0516. The Morgan fingerprint density at radius 1 is 1.24 bits per heavy atom. The molecule has 0 fully saturated rings. The zero-order chi connectivity index (χ0) is 18.6. The molecule has 0 radical (unpaired) electrons. The van der Waals surface area contributed by atoms with Crippen LogP contribution in [-0.4, -0.2) is 20.9 Å². The molecular weight excluding hydrogens is 408 g/mol. The predicted molar refractivity (Wildman–Crippen MR) is 98.7 cm³/mol. The molecular formula is C17H21BrN2O4S. The highest BCUT2D eigenvalue weighted by Gasteiger charge is 2.17. The molecule has 1 heterocycles. The average molecular weight is 429 g/mol. The number of halogens is 1. The van der Waals surface area contributed by atoms with E-state index in [4.69, 9.17) is 4.42 Å². The van der Waals surface area contributed by atoms with E-state index in [1.165, 1.54) is 12.1 Å². The fraction of sp³-hybridized carbons (Fsp3) is 0.353. The van der Waals surface area contributed by atoms with Gasteiger partial charge in [0, 0.05) is 23.0 Å². The van der Waals surface area contributed by atoms with Gasteiger partial charge in [-0.15, -0.1) is 0 Å². The van der Waals surface area contributed by atoms with Gasteiger partial charge in [-0.1, -0.05) is 15.9 Å². The van der Waals surface area contributed by atoms with Crippen LogP contribution in [-0.2, 0) is 14.8 Å². The molecule has 25 heavy (non-hydrogen) atoms. The number of carbonyl (C=O) groups excluding carboxylic acids is 1. The van der Waals surface area contributed by atoms with Crippen LogP contribution < -0.4 is 10.0 Å². The molecule has 0 aliphatic carbocycles. The molecule has 1 aromatic carbocycles. The van der Waals surface area contributed by atoms with Gasteiger partial charge in [-0.2, -0.15) is 0 Å². The molecule has 1 atom stereocenters. The van der Waals surface area contributed by atoms with Crippen molar-refractivity contribution in [3.8, 4) is 0 Å². The molecule has 2 N–H and O–H groups in total. The third-order valence-electron chi connectivity index (χ3n) is 3.69. The zero-order valence-corrected chi connectivity index (χ0v) is 16.7. The lowest BCUT2D eigenvalue weighted by Crippen LogP contribution is -2.32. The summed E-state index contributed by atoms with van der Waals surface area (Å²) in [6, 6.07) is 7.98. The van der Waals surface area contributed by atoms with Crippen LogP contribution in [0.1, 0.15) is 36.5 Å². The molecule has 136 valence electrons. The number of benzene rings is 1. The molecule has 1 aromatic heterocycles. The molecule has 1 amide bonds. The molecule has 0 bridgehead atoms. The lowest BCUT2D eigenvalue weighted by molar-refractivity contribution is -0.121. The largest absolute Gasteiger partial charge is 0.466 e. The van der Waals surface area contributed by atoms with E-state index >= 15 is 0 Å². The van der Waals surface area contributed by atoms with Crippen molar-refractivity contribution < 1.29 is 17.6 Å². The normalized spacial score (nSPS) is 12.8. The Labute approximate surface area is 156 Å². The Balaban J connectivity index is 1.85. The van der Waals surface area contributed by atoms with Crippen molar-refractivity contribution in [1.82, 2.24) is 10.0 Å². The van der Waals surface area contributed by atoms with E-state index < -0.39 is 10.0 Å². The van der Waals surface area contributed by atoms with Crippen LogP contribution in [0.2, 0.25) is 0 Å². The summed E-state index contributed by atoms with van der Waals surface area (Å²) in [5.74, 6) is 1.32. The van der Waals surface area contributed by atoms with E-state index in [0.717, 1.165) is 21.6 Å². The molecule has 0 aliphatic rings. The van der Waals surface area contributed by atoms with Crippen LogP contribution in [0.4, 0.5) is 0 Å². The first-order chi connectivity index (χ1) is 11.7. The second-order valence-corrected chi connectivity index (χ2v) is 8.44. The maximum atomic E-state index is 12.1. The third kappa shape index (κ3) is 5.42. The molecule has 0 spiro atoms. The van der Waals surface area contributed by atoms with Crippen molar-refractivity contribution in [3.05, 3.63) is 51.9 Å². The Kier molecular flexibility index (Phi) is 6.42. The van der Waals surface area contributed by atoms with Gasteiger partial charge in [0.25, 0.3) is 0 Å². The fourth-order valence-corrected chi connectivity index (χ4v) is 3.76. The van der Waals surface area contributed by atoms with Gasteiger partial charge < -0.3 is 9.73 Å². The number of hydrogen-bond acceptors (Lipinski definition) is 4. The summed E-state index contributed by atoms with van der Waals surface area (Å²) in [6.45, 7) is 5.58. The van der Waals surface area contributed by atoms with E-state index in [2.05, 4.69) is 26.0 Å². The Hall–Kier alpha value is -1.64. The quantitative estimate of drug-likeness (QED) is 0.708. The van der Waals surface area contributed by atoms with Crippen LogP contribution in [0, 0.1) is 13.8 Å². The van der Waals surface area contributed by atoms with Crippen molar-refractivity contribution in [2.75, 3.05) is 6.54 Å². The number of carbonyl (C=O) groups is 1. The van der Waals surface area contributed by atoms with E-state index in [-0.39, 0.29) is 29.8 Å². The number of sulfonamides is 1. The second-order valence-electron chi connectivity index (χ2n) is 5.76. The monoisotopic (exact) mass is 428 g/mol. The van der Waals surface area contributed by atoms with Crippen molar-refractivity contribution in [1.29, 1.82) is 0 Å². The standard InChI is InChI=1S/C17H21BrN2O4S/c1-11-10-16(13(3)24-11)12(2)20-17(21)8-9-19-25(22,23)15-6-4-14(18)5-7-15/h4-7,10,12,19H,8-9H2,1-3H3,(H,20,21). The number of hydrogen-bond donors (Lipinski definition) is 2. The molecule has 2 rings (SSSR count). The van der Waals surface area contributed by atoms with Gasteiger partial charge in [0.05, 0.1) is 10.9 Å². The van der Waals surface area contributed by atoms with Crippen molar-refractivity contribution >= 4 is 31.9 Å². The fourth-order valence-electron chi connectivity index (χ4n) is 2.47. The van der Waals surface area contributed by atoms with Gasteiger partial charge in [0.15, 0.2) is 0 Å². The van der Waals surface area contributed by atoms with Gasteiger partial charge in [-0.3, -0.25) is 4.79 Å². The summed E-state index contributed by atoms with van der Waals surface area (Å²) < 4.78 is 33.0. The van der Waals surface area contributed by atoms with Crippen LogP contribution in [0.25, 0.3) is 0 Å². The predicted octanol–water partition coefficient (Wildman–Crippen LogP) is 3.20. The lowest BCUT2D eigenvalue weighted by Gasteiger charge is -2.13. The number of furan rings is 1. The summed E-state index contributed by atoms with van der Waals surface area (Å²) >= 11 is 3.26. The third-order valence-corrected chi connectivity index (χ3v) is 5.70. The first kappa shape index (κ1) is 19.7. The maximum absolute atomic E-state index is 12.1. The van der Waals surface area contributed by atoms with Gasteiger partial charge in [-0.25, -0.2) is 13.1 Å². The van der Waals surface area contributed by atoms with Crippen LogP contribution in [0.5, 0.6) is 0 Å². The van der Waals surface area contributed by atoms with Crippen LogP contribution in [0.3, 0.4) is 0 Å². The van der Waals surface area contributed by atoms with Crippen molar-refractivity contribution in [2.24, 2.45) is 0 Å². The highest BCUT2D eigenvalue weighted by Crippen LogP contribution is 2.21. The summed E-state index contributed by atoms with van der Waals surface area (Å²) in [7, 11) is -3.62. The topological polar surface area (TPSA) is 88.4 Å². The number of amides is 1. The smallest absolute Gasteiger partial charge is 0.240 e. The molecule has 0 saturated carbocycles. The minimum atomic E-state index is -3.62. The molecule has 0 saturated heterocycles. The summed E-state index contributed by atoms with van der Waals surface area (Å²) in [5.41, 5.74) is 0.918. The van der Waals surface area contributed by atoms with Crippen molar-refractivity contribution in [2.45, 2.75) is 38.1 Å². The van der Waals surface area contributed by atoms with E-state index in [9.17, 15) is 13.2 Å². The number of rotatable bonds is 7. The Bertz CT molecular complexity index is 844. The van der Waals surface area contributed by atoms with E-state index in [0.29, 0.717) is 0 Å². The van der Waals surface area contributed by atoms with E-state index in [1.807, 2.05) is 26.8 Å². The molecule has 2 aromatic rings. The van der Waals surface area contributed by atoms with Crippen molar-refractivity contribution in [3.63, 3.8) is 0 Å².